The van der Waals surface area contributed by atoms with E-state index >= 15 is 0 Å². The molecule has 5 aliphatic rings. The summed E-state index contributed by atoms with van der Waals surface area (Å²) in [6, 6.07) is 0. The maximum absolute atomic E-state index is 11.9. The van der Waals surface area contributed by atoms with E-state index in [1.807, 2.05) is 6.92 Å². The Morgan fingerprint density at radius 1 is 1.25 bits per heavy atom. The van der Waals surface area contributed by atoms with Gasteiger partial charge in [0.2, 0.25) is 12.1 Å². The fourth-order valence-electron chi connectivity index (χ4n) is 4.68. The maximum Gasteiger partial charge on any atom is 0.308 e. The van der Waals surface area contributed by atoms with Crippen molar-refractivity contribution in [3.8, 4) is 0 Å². The molecule has 112 valence electrons. The molecule has 4 saturated heterocycles. The van der Waals surface area contributed by atoms with Gasteiger partial charge in [0, 0.05) is 24.7 Å². The van der Waals surface area contributed by atoms with Crippen molar-refractivity contribution in [2.24, 2.45) is 17.8 Å². The molecule has 1 saturated carbocycles. The summed E-state index contributed by atoms with van der Waals surface area (Å²) in [6.45, 7) is 4.28. The molecule has 0 aromatic rings. The molecule has 0 aromatic heterocycles. The average molecular weight is 282 g/mol. The zero-order chi connectivity index (χ0) is 14.0. The summed E-state index contributed by atoms with van der Waals surface area (Å²) < 4.78 is 11.6. The standard InChI is InChI=1S/C15H22O5/c1-3-14-7-6-11-9(2)4-5-10-8-12(16)17-13(18-14)15(10,11)20-19-14/h9-11,13H,3-8H2,1-2H3/t9-,10+,11+,13-,14-,15-/m1/s1. The molecule has 1 aliphatic carbocycles. The Labute approximate surface area is 118 Å². The number of rotatable bonds is 1. The highest BCUT2D eigenvalue weighted by atomic mass is 17.3. The molecule has 5 fully saturated rings. The summed E-state index contributed by atoms with van der Waals surface area (Å²) in [4.78, 5) is 23.6. The molecule has 5 heteroatoms. The van der Waals surface area contributed by atoms with Crippen molar-refractivity contribution >= 4 is 5.97 Å². The molecule has 0 radical (unpaired) electrons. The van der Waals surface area contributed by atoms with E-state index in [1.165, 1.54) is 0 Å². The lowest BCUT2D eigenvalue weighted by Crippen LogP contribution is -2.68. The molecule has 20 heavy (non-hydrogen) atoms. The van der Waals surface area contributed by atoms with Crippen LogP contribution in [0.15, 0.2) is 0 Å². The number of carbonyl (C=O) groups excluding carboxylic acids is 1. The van der Waals surface area contributed by atoms with Gasteiger partial charge in [-0.3, -0.25) is 4.79 Å². The summed E-state index contributed by atoms with van der Waals surface area (Å²) >= 11 is 0. The molecular weight excluding hydrogens is 260 g/mol. The Morgan fingerprint density at radius 2 is 2.10 bits per heavy atom. The Morgan fingerprint density at radius 3 is 2.90 bits per heavy atom. The zero-order valence-electron chi connectivity index (χ0n) is 12.1. The van der Waals surface area contributed by atoms with E-state index in [0.717, 1.165) is 25.7 Å². The van der Waals surface area contributed by atoms with Crippen LogP contribution in [-0.4, -0.2) is 23.6 Å². The molecule has 4 aliphatic heterocycles. The van der Waals surface area contributed by atoms with Gasteiger partial charge < -0.3 is 9.47 Å². The Bertz CT molecular complexity index is 434. The van der Waals surface area contributed by atoms with Crippen molar-refractivity contribution in [1.82, 2.24) is 0 Å². The minimum atomic E-state index is -0.741. The van der Waals surface area contributed by atoms with Gasteiger partial charge in [-0.15, -0.1) is 0 Å². The van der Waals surface area contributed by atoms with Crippen molar-refractivity contribution < 1.29 is 24.0 Å². The van der Waals surface area contributed by atoms with Gasteiger partial charge in [0.15, 0.2) is 5.60 Å². The third kappa shape index (κ3) is 1.51. The van der Waals surface area contributed by atoms with Crippen molar-refractivity contribution in [3.05, 3.63) is 0 Å². The number of hydrogen-bond donors (Lipinski definition) is 0. The summed E-state index contributed by atoms with van der Waals surface area (Å²) in [5.74, 6) is 0.137. The largest absolute Gasteiger partial charge is 0.432 e. The minimum Gasteiger partial charge on any atom is -0.432 e. The fraction of sp³-hybridized carbons (Fsp3) is 0.933. The quantitative estimate of drug-likeness (QED) is 0.546. The normalized spacial score (nSPS) is 54.0. The number of carbonyl (C=O) groups is 1. The number of ether oxygens (including phenoxy) is 2. The smallest absolute Gasteiger partial charge is 0.308 e. The summed E-state index contributed by atoms with van der Waals surface area (Å²) in [6.07, 6.45) is 4.46. The topological polar surface area (TPSA) is 54.0 Å². The molecule has 5 nitrogen and oxygen atoms in total. The summed E-state index contributed by atoms with van der Waals surface area (Å²) in [5, 5.41) is 0. The molecule has 4 heterocycles. The predicted molar refractivity (Wildman–Crippen MR) is 68.1 cm³/mol. The van der Waals surface area contributed by atoms with Crippen molar-refractivity contribution in [2.75, 3.05) is 0 Å². The SMILES string of the molecule is CC[C@@]12CC[C@H]3[C@H](C)CC[C@H]4CC(=O)O[C@H](O1)[C@@]43OO2. The van der Waals surface area contributed by atoms with E-state index < -0.39 is 17.7 Å². The van der Waals surface area contributed by atoms with E-state index in [1.54, 1.807) is 0 Å². The molecule has 6 atom stereocenters. The van der Waals surface area contributed by atoms with Gasteiger partial charge in [0.05, 0.1) is 6.42 Å². The van der Waals surface area contributed by atoms with Crippen molar-refractivity contribution in [3.63, 3.8) is 0 Å². The van der Waals surface area contributed by atoms with Gasteiger partial charge in [-0.25, -0.2) is 9.78 Å². The monoisotopic (exact) mass is 282 g/mol. The highest BCUT2D eigenvalue weighted by Crippen LogP contribution is 2.59. The maximum atomic E-state index is 11.9. The number of hydrogen-bond acceptors (Lipinski definition) is 5. The van der Waals surface area contributed by atoms with Gasteiger partial charge in [-0.1, -0.05) is 13.8 Å². The third-order valence-electron chi connectivity index (χ3n) is 5.93. The third-order valence-corrected chi connectivity index (χ3v) is 5.93. The lowest BCUT2D eigenvalue weighted by Gasteiger charge is -2.56. The molecular formula is C15H22O5. The Hall–Kier alpha value is -0.650. The van der Waals surface area contributed by atoms with Crippen LogP contribution in [0.1, 0.15) is 52.4 Å². The number of esters is 1. The van der Waals surface area contributed by atoms with Gasteiger partial charge in [-0.05, 0) is 25.2 Å². The van der Waals surface area contributed by atoms with Gasteiger partial charge in [0.1, 0.15) is 0 Å². The molecule has 0 N–H and O–H groups in total. The van der Waals surface area contributed by atoms with Crippen LogP contribution in [0.2, 0.25) is 0 Å². The highest BCUT2D eigenvalue weighted by Gasteiger charge is 2.68. The molecule has 1 spiro atoms. The Kier molecular flexibility index (Phi) is 2.73. The van der Waals surface area contributed by atoms with Crippen LogP contribution in [-0.2, 0) is 24.0 Å². The highest BCUT2D eigenvalue weighted by molar-refractivity contribution is 5.71. The minimum absolute atomic E-state index is 0.155. The molecule has 0 aromatic carbocycles. The van der Waals surface area contributed by atoms with Crippen LogP contribution in [0.25, 0.3) is 0 Å². The lowest BCUT2D eigenvalue weighted by molar-refractivity contribution is -0.561. The predicted octanol–water partition coefficient (Wildman–Crippen LogP) is 2.54. The zero-order valence-corrected chi connectivity index (χ0v) is 12.1. The van der Waals surface area contributed by atoms with Crippen LogP contribution in [0.5, 0.6) is 0 Å². The van der Waals surface area contributed by atoms with Crippen LogP contribution in [0, 0.1) is 17.8 Å². The molecule has 5 rings (SSSR count). The first-order valence-corrected chi connectivity index (χ1v) is 7.84. The van der Waals surface area contributed by atoms with E-state index in [4.69, 9.17) is 19.2 Å². The van der Waals surface area contributed by atoms with Gasteiger partial charge >= 0.3 is 5.97 Å². The second-order valence-corrected chi connectivity index (χ2v) is 6.82. The van der Waals surface area contributed by atoms with Crippen molar-refractivity contribution in [1.29, 1.82) is 0 Å². The molecule has 2 bridgehead atoms. The first-order chi connectivity index (χ1) is 9.59. The summed E-state index contributed by atoms with van der Waals surface area (Å²) in [7, 11) is 0. The summed E-state index contributed by atoms with van der Waals surface area (Å²) in [5.41, 5.74) is -0.583. The van der Waals surface area contributed by atoms with E-state index in [9.17, 15) is 4.79 Å². The first kappa shape index (κ1) is 13.0. The van der Waals surface area contributed by atoms with Crippen LogP contribution < -0.4 is 0 Å². The van der Waals surface area contributed by atoms with E-state index in [-0.39, 0.29) is 11.9 Å². The van der Waals surface area contributed by atoms with E-state index in [2.05, 4.69) is 6.92 Å². The number of fused-ring (bicyclic) bond motifs is 2. The van der Waals surface area contributed by atoms with Gasteiger partial charge in [-0.2, -0.15) is 0 Å². The Balaban J connectivity index is 1.80. The van der Waals surface area contributed by atoms with Crippen molar-refractivity contribution in [2.45, 2.75) is 70.1 Å². The van der Waals surface area contributed by atoms with Crippen LogP contribution >= 0.6 is 0 Å². The van der Waals surface area contributed by atoms with Crippen LogP contribution in [0.3, 0.4) is 0 Å². The second kappa shape index (κ2) is 4.18. The fourth-order valence-corrected chi connectivity index (χ4v) is 4.68. The second-order valence-electron chi connectivity index (χ2n) is 6.82. The van der Waals surface area contributed by atoms with Gasteiger partial charge in [0.25, 0.3) is 0 Å². The van der Waals surface area contributed by atoms with E-state index in [0.29, 0.717) is 24.7 Å². The molecule has 0 unspecified atom stereocenters. The molecule has 0 amide bonds. The lowest BCUT2D eigenvalue weighted by atomic mass is 9.60. The first-order valence-electron chi connectivity index (χ1n) is 7.84. The van der Waals surface area contributed by atoms with Crippen LogP contribution in [0.4, 0.5) is 0 Å². The average Bonchev–Trinajstić information content (AvgIpc) is 2.69.